The maximum atomic E-state index is 11.3. The fourth-order valence-electron chi connectivity index (χ4n) is 0.803. The summed E-state index contributed by atoms with van der Waals surface area (Å²) in [7, 11) is -4.52. The van der Waals surface area contributed by atoms with Gasteiger partial charge in [-0.05, 0) is 0 Å². The molecule has 0 amide bonds. The van der Waals surface area contributed by atoms with Crippen LogP contribution in [0.15, 0.2) is 0 Å². The molecule has 0 fully saturated rings. The fraction of sp³-hybridized carbons (Fsp3) is 0.857. The van der Waals surface area contributed by atoms with Crippen LogP contribution in [0.1, 0.15) is 6.42 Å². The van der Waals surface area contributed by atoms with Gasteiger partial charge in [0.2, 0.25) is 20.0 Å². The minimum Gasteiger partial charge on any atom is -0.481 e. The van der Waals surface area contributed by atoms with E-state index in [0.29, 0.717) is 0 Å². The molecule has 0 unspecified atom stereocenters. The molecule has 0 radical (unpaired) electrons. The van der Waals surface area contributed by atoms with Crippen LogP contribution in [0.25, 0.3) is 0 Å². The SMILES string of the molecule is CN(C)S(=O)(=O)CCNS(=O)(=O)CCC(=O)O. The van der Waals surface area contributed by atoms with E-state index < -0.39 is 38.2 Å². The molecule has 0 saturated carbocycles. The summed E-state index contributed by atoms with van der Waals surface area (Å²) in [6.45, 7) is -0.275. The summed E-state index contributed by atoms with van der Waals surface area (Å²) >= 11 is 0. The first-order valence-corrected chi connectivity index (χ1v) is 7.92. The Morgan fingerprint density at radius 1 is 1.18 bits per heavy atom. The van der Waals surface area contributed by atoms with Crippen molar-refractivity contribution in [1.29, 1.82) is 0 Å². The standard InChI is InChI=1S/C7H16N2O6S2/c1-9(2)17(14,15)6-4-8-16(12,13)5-3-7(10)11/h8H,3-6H2,1-2H3,(H,10,11). The third-order valence-corrected chi connectivity index (χ3v) is 5.04. The molecule has 102 valence electrons. The molecule has 0 aromatic carbocycles. The van der Waals surface area contributed by atoms with E-state index in [0.717, 1.165) is 4.31 Å². The van der Waals surface area contributed by atoms with Gasteiger partial charge in [-0.3, -0.25) is 4.79 Å². The number of rotatable bonds is 8. The van der Waals surface area contributed by atoms with Crippen molar-refractivity contribution in [1.82, 2.24) is 9.03 Å². The van der Waals surface area contributed by atoms with Crippen molar-refractivity contribution in [2.24, 2.45) is 0 Å². The lowest BCUT2D eigenvalue weighted by molar-refractivity contribution is -0.136. The summed E-state index contributed by atoms with van der Waals surface area (Å²) in [6, 6.07) is 0. The van der Waals surface area contributed by atoms with Gasteiger partial charge in [0.1, 0.15) is 0 Å². The third-order valence-electron chi connectivity index (χ3n) is 1.82. The topological polar surface area (TPSA) is 121 Å². The van der Waals surface area contributed by atoms with Crippen LogP contribution in [0.3, 0.4) is 0 Å². The molecule has 0 bridgehead atoms. The van der Waals surface area contributed by atoms with Crippen molar-refractivity contribution in [3.63, 3.8) is 0 Å². The summed E-state index contributed by atoms with van der Waals surface area (Å²) in [5, 5.41) is 8.31. The Hall–Kier alpha value is -0.710. The van der Waals surface area contributed by atoms with E-state index in [4.69, 9.17) is 5.11 Å². The van der Waals surface area contributed by atoms with Crippen LogP contribution in [0.4, 0.5) is 0 Å². The van der Waals surface area contributed by atoms with Gasteiger partial charge in [-0.1, -0.05) is 0 Å². The number of hydrogen-bond acceptors (Lipinski definition) is 5. The predicted octanol–water partition coefficient (Wildman–Crippen LogP) is -1.73. The molecule has 10 heteroatoms. The van der Waals surface area contributed by atoms with Crippen LogP contribution in [-0.2, 0) is 24.8 Å². The normalized spacial score (nSPS) is 12.9. The molecule has 0 saturated heterocycles. The number of carboxylic acids is 1. The molecule has 0 aromatic heterocycles. The van der Waals surface area contributed by atoms with E-state index in [-0.39, 0.29) is 12.3 Å². The number of hydrogen-bond donors (Lipinski definition) is 2. The molecule has 17 heavy (non-hydrogen) atoms. The van der Waals surface area contributed by atoms with Gasteiger partial charge >= 0.3 is 5.97 Å². The number of carboxylic acid groups (broad SMARTS) is 1. The van der Waals surface area contributed by atoms with Gasteiger partial charge in [0.05, 0.1) is 17.9 Å². The third kappa shape index (κ3) is 7.26. The Morgan fingerprint density at radius 2 is 1.71 bits per heavy atom. The van der Waals surface area contributed by atoms with Crippen molar-refractivity contribution >= 4 is 26.0 Å². The fourth-order valence-corrected chi connectivity index (χ4v) is 2.66. The summed E-state index contributed by atoms with van der Waals surface area (Å²) in [6.07, 6.45) is -0.518. The first-order valence-electron chi connectivity index (χ1n) is 4.66. The second-order valence-electron chi connectivity index (χ2n) is 3.46. The average Bonchev–Trinajstić information content (AvgIpc) is 2.14. The quantitative estimate of drug-likeness (QED) is 0.547. The van der Waals surface area contributed by atoms with Gasteiger partial charge in [-0.25, -0.2) is 25.9 Å². The second kappa shape index (κ2) is 6.28. The van der Waals surface area contributed by atoms with Gasteiger partial charge in [0.15, 0.2) is 0 Å². The maximum absolute atomic E-state index is 11.3. The molecule has 2 N–H and O–H groups in total. The van der Waals surface area contributed by atoms with E-state index in [9.17, 15) is 21.6 Å². The van der Waals surface area contributed by atoms with E-state index in [1.807, 2.05) is 4.72 Å². The molecule has 0 aliphatic carbocycles. The van der Waals surface area contributed by atoms with E-state index >= 15 is 0 Å². The molecule has 0 spiro atoms. The Labute approximate surface area is 101 Å². The van der Waals surface area contributed by atoms with Crippen LogP contribution in [-0.4, -0.2) is 64.4 Å². The number of carbonyl (C=O) groups is 1. The highest BCUT2D eigenvalue weighted by atomic mass is 32.2. The summed E-state index contributed by atoms with van der Waals surface area (Å²) in [5.74, 6) is -2.16. The molecule has 8 nitrogen and oxygen atoms in total. The first-order chi connectivity index (χ1) is 7.57. The minimum absolute atomic E-state index is 0.275. The van der Waals surface area contributed by atoms with Crippen molar-refractivity contribution in [2.75, 3.05) is 32.1 Å². The highest BCUT2D eigenvalue weighted by molar-refractivity contribution is 7.90. The molecule has 0 aromatic rings. The van der Waals surface area contributed by atoms with E-state index in [1.54, 1.807) is 0 Å². The van der Waals surface area contributed by atoms with Gasteiger partial charge in [-0.15, -0.1) is 0 Å². The zero-order chi connectivity index (χ0) is 13.7. The Balaban J connectivity index is 4.17. The van der Waals surface area contributed by atoms with Crippen LogP contribution in [0.2, 0.25) is 0 Å². The number of aliphatic carboxylic acids is 1. The van der Waals surface area contributed by atoms with Gasteiger partial charge in [-0.2, -0.15) is 0 Å². The molecular weight excluding hydrogens is 272 g/mol. The van der Waals surface area contributed by atoms with E-state index in [1.165, 1.54) is 14.1 Å². The van der Waals surface area contributed by atoms with Gasteiger partial charge < -0.3 is 5.11 Å². The number of sulfonamides is 2. The Morgan fingerprint density at radius 3 is 2.12 bits per heavy atom. The van der Waals surface area contributed by atoms with Crippen LogP contribution in [0, 0.1) is 0 Å². The van der Waals surface area contributed by atoms with E-state index in [2.05, 4.69) is 0 Å². The van der Waals surface area contributed by atoms with Gasteiger partial charge in [0.25, 0.3) is 0 Å². The van der Waals surface area contributed by atoms with Gasteiger partial charge in [0, 0.05) is 20.6 Å². The van der Waals surface area contributed by atoms with Crippen molar-refractivity contribution < 1.29 is 26.7 Å². The summed E-state index contributed by atoms with van der Waals surface area (Å²) in [5.41, 5.74) is 0. The van der Waals surface area contributed by atoms with Crippen molar-refractivity contribution in [3.8, 4) is 0 Å². The largest absolute Gasteiger partial charge is 0.481 e. The highest BCUT2D eigenvalue weighted by Gasteiger charge is 2.16. The van der Waals surface area contributed by atoms with Crippen LogP contribution in [0.5, 0.6) is 0 Å². The lowest BCUT2D eigenvalue weighted by atomic mass is 10.5. The molecular formula is C7H16N2O6S2. The summed E-state index contributed by atoms with van der Waals surface area (Å²) < 4.78 is 48.0. The highest BCUT2D eigenvalue weighted by Crippen LogP contribution is 1.94. The van der Waals surface area contributed by atoms with Crippen LogP contribution < -0.4 is 4.72 Å². The number of nitrogens with zero attached hydrogens (tertiary/aromatic N) is 1. The molecule has 0 atom stereocenters. The zero-order valence-electron chi connectivity index (χ0n) is 9.58. The Bertz CT molecular complexity index is 453. The number of nitrogens with one attached hydrogen (secondary N) is 1. The van der Waals surface area contributed by atoms with Crippen molar-refractivity contribution in [3.05, 3.63) is 0 Å². The second-order valence-corrected chi connectivity index (χ2v) is 7.68. The zero-order valence-corrected chi connectivity index (χ0v) is 11.2. The molecule has 0 aliphatic heterocycles. The molecule has 0 heterocycles. The first kappa shape index (κ1) is 16.3. The predicted molar refractivity (Wildman–Crippen MR) is 61.5 cm³/mol. The van der Waals surface area contributed by atoms with Crippen molar-refractivity contribution in [2.45, 2.75) is 6.42 Å². The van der Waals surface area contributed by atoms with Crippen LogP contribution >= 0.6 is 0 Å². The lowest BCUT2D eigenvalue weighted by Gasteiger charge is -2.11. The Kier molecular flexibility index (Phi) is 6.02. The monoisotopic (exact) mass is 288 g/mol. The summed E-state index contributed by atoms with van der Waals surface area (Å²) in [4.78, 5) is 10.2. The maximum Gasteiger partial charge on any atom is 0.304 e. The average molecular weight is 288 g/mol. The lowest BCUT2D eigenvalue weighted by Crippen LogP contribution is -2.35. The molecule has 0 rings (SSSR count). The molecule has 0 aliphatic rings. The minimum atomic E-state index is -3.74. The smallest absolute Gasteiger partial charge is 0.304 e.